The molecule has 35 heavy (non-hydrogen) atoms. The molecule has 0 bridgehead atoms. The van der Waals surface area contributed by atoms with Crippen molar-refractivity contribution >= 4 is 71.0 Å². The van der Waals surface area contributed by atoms with Crippen molar-refractivity contribution in [3.05, 3.63) is 106 Å². The van der Waals surface area contributed by atoms with Crippen LogP contribution in [-0.4, -0.2) is 4.98 Å². The van der Waals surface area contributed by atoms with Crippen LogP contribution in [0.4, 0.5) is 0 Å². The van der Waals surface area contributed by atoms with Crippen molar-refractivity contribution < 1.29 is 4.42 Å². The number of halogens is 1. The first-order chi connectivity index (χ1) is 17.2. The summed E-state index contributed by atoms with van der Waals surface area (Å²) < 4.78 is 9.91. The van der Waals surface area contributed by atoms with Crippen molar-refractivity contribution in [2.45, 2.75) is 35.8 Å². The highest BCUT2D eigenvalue weighted by Gasteiger charge is 2.28. The van der Waals surface area contributed by atoms with Gasteiger partial charge in [-0.25, -0.2) is 4.98 Å². The fourth-order valence-electron chi connectivity index (χ4n) is 4.72. The van der Waals surface area contributed by atoms with Gasteiger partial charge in [-0.15, -0.1) is 11.3 Å². The van der Waals surface area contributed by atoms with E-state index in [9.17, 15) is 0 Å². The molecule has 0 saturated carbocycles. The lowest BCUT2D eigenvalue weighted by Gasteiger charge is -2.20. The molecule has 2 heterocycles. The van der Waals surface area contributed by atoms with Crippen LogP contribution < -0.4 is 0 Å². The zero-order valence-electron chi connectivity index (χ0n) is 19.3. The number of fused-ring (bicyclic) bond motifs is 3. The molecule has 1 unspecified atom stereocenters. The minimum atomic E-state index is 0.0593. The summed E-state index contributed by atoms with van der Waals surface area (Å²) in [5.41, 5.74) is 4.59. The molecule has 0 fully saturated rings. The summed E-state index contributed by atoms with van der Waals surface area (Å²) in [4.78, 5) is 5.00. The zero-order valence-corrected chi connectivity index (χ0v) is 22.6. The first-order valence-electron chi connectivity index (χ1n) is 11.9. The molecule has 0 aliphatic carbocycles. The van der Waals surface area contributed by atoms with Crippen LogP contribution in [0.2, 0.25) is 0 Å². The smallest absolute Gasteiger partial charge is 0.152 e. The summed E-state index contributed by atoms with van der Waals surface area (Å²) in [5, 5.41) is 3.74. The van der Waals surface area contributed by atoms with Gasteiger partial charge in [-0.2, -0.15) is 0 Å². The number of hydrogen-bond acceptors (Lipinski definition) is 4. The van der Waals surface area contributed by atoms with Gasteiger partial charge in [0.05, 0.1) is 15.5 Å². The number of thioether (sulfide) groups is 1. The first-order valence-corrected chi connectivity index (χ1v) is 14.4. The van der Waals surface area contributed by atoms with Gasteiger partial charge in [0, 0.05) is 21.8 Å². The summed E-state index contributed by atoms with van der Waals surface area (Å²) >= 11 is 7.38. The standard InChI is InChI=1S/C30H24BrNOS2/c1-2-3-14-26-28(22-12-6-8-15-25(22)33-26)29(35-30-32-24-13-7-9-16-27(24)34-30)21-17-18-23(31)20-11-5-4-10-19(20)21/h4-13,15-18,29H,2-3,14H2,1H3. The summed E-state index contributed by atoms with van der Waals surface area (Å²) in [6, 6.07) is 30.0. The van der Waals surface area contributed by atoms with Crippen LogP contribution >= 0.6 is 39.0 Å². The van der Waals surface area contributed by atoms with Crippen LogP contribution in [0.5, 0.6) is 0 Å². The van der Waals surface area contributed by atoms with Crippen LogP contribution in [0.1, 0.15) is 41.9 Å². The Morgan fingerprint density at radius 3 is 2.46 bits per heavy atom. The second-order valence-electron chi connectivity index (χ2n) is 8.67. The van der Waals surface area contributed by atoms with Gasteiger partial charge in [0.2, 0.25) is 0 Å². The van der Waals surface area contributed by atoms with E-state index in [4.69, 9.17) is 9.40 Å². The predicted octanol–water partition coefficient (Wildman–Crippen LogP) is 10.2. The lowest BCUT2D eigenvalue weighted by Crippen LogP contribution is -2.01. The molecule has 0 spiro atoms. The number of aromatic nitrogens is 1. The second-order valence-corrected chi connectivity index (χ2v) is 11.9. The van der Waals surface area contributed by atoms with Gasteiger partial charge in [0.1, 0.15) is 11.3 Å². The van der Waals surface area contributed by atoms with Gasteiger partial charge < -0.3 is 4.42 Å². The van der Waals surface area contributed by atoms with Crippen molar-refractivity contribution in [3.8, 4) is 0 Å². The van der Waals surface area contributed by atoms with Gasteiger partial charge in [-0.1, -0.05) is 102 Å². The number of para-hydroxylation sites is 2. The van der Waals surface area contributed by atoms with Crippen molar-refractivity contribution in [1.29, 1.82) is 0 Å². The summed E-state index contributed by atoms with van der Waals surface area (Å²) in [7, 11) is 0. The van der Waals surface area contributed by atoms with Gasteiger partial charge in [0.15, 0.2) is 4.34 Å². The van der Waals surface area contributed by atoms with Gasteiger partial charge in [0.25, 0.3) is 0 Å². The van der Waals surface area contributed by atoms with E-state index in [0.717, 1.165) is 44.9 Å². The maximum Gasteiger partial charge on any atom is 0.152 e. The fraction of sp³-hybridized carbons (Fsp3) is 0.167. The quantitative estimate of drug-likeness (QED) is 0.182. The lowest BCUT2D eigenvalue weighted by molar-refractivity contribution is 0.531. The minimum absolute atomic E-state index is 0.0593. The number of hydrogen-bond donors (Lipinski definition) is 0. The van der Waals surface area contributed by atoms with Crippen LogP contribution in [0, 0.1) is 0 Å². The molecule has 2 nitrogen and oxygen atoms in total. The Hall–Kier alpha value is -2.60. The van der Waals surface area contributed by atoms with Gasteiger partial charge in [-0.05, 0) is 47.0 Å². The summed E-state index contributed by atoms with van der Waals surface area (Å²) in [5.74, 6) is 1.10. The first kappa shape index (κ1) is 22.8. The highest BCUT2D eigenvalue weighted by molar-refractivity contribution is 9.10. The third-order valence-corrected chi connectivity index (χ3v) is 9.49. The molecule has 0 radical (unpaired) electrons. The maximum absolute atomic E-state index is 6.50. The molecule has 0 aliphatic heterocycles. The second kappa shape index (κ2) is 9.81. The molecule has 174 valence electrons. The van der Waals surface area contributed by atoms with E-state index in [0.29, 0.717) is 0 Å². The fourth-order valence-corrected chi connectivity index (χ4v) is 7.71. The van der Waals surface area contributed by atoms with E-state index in [1.165, 1.54) is 32.0 Å². The van der Waals surface area contributed by atoms with Crippen LogP contribution in [-0.2, 0) is 6.42 Å². The molecule has 0 saturated heterocycles. The number of furan rings is 1. The molecule has 6 rings (SSSR count). The van der Waals surface area contributed by atoms with E-state index in [-0.39, 0.29) is 5.25 Å². The number of rotatable bonds is 7. The Labute approximate surface area is 221 Å². The van der Waals surface area contributed by atoms with Crippen LogP contribution in [0.3, 0.4) is 0 Å². The molecule has 0 aliphatic rings. The monoisotopic (exact) mass is 557 g/mol. The SMILES string of the molecule is CCCCc1oc2ccccc2c1C(Sc1nc2ccccc2s1)c1ccc(Br)c2ccccc12. The third kappa shape index (κ3) is 4.31. The Bertz CT molecular complexity index is 1620. The Kier molecular flexibility index (Phi) is 6.40. The molecule has 6 aromatic rings. The zero-order chi connectivity index (χ0) is 23.8. The number of unbranched alkanes of at least 4 members (excludes halogenated alkanes) is 1. The molecular formula is C30H24BrNOS2. The highest BCUT2D eigenvalue weighted by atomic mass is 79.9. The van der Waals surface area contributed by atoms with Crippen molar-refractivity contribution in [1.82, 2.24) is 4.98 Å². The average Bonchev–Trinajstić information content (AvgIpc) is 3.47. The normalized spacial score (nSPS) is 12.6. The molecule has 0 N–H and O–H groups in total. The summed E-state index contributed by atoms with van der Waals surface area (Å²) in [6.45, 7) is 2.23. The van der Waals surface area contributed by atoms with Crippen molar-refractivity contribution in [3.63, 3.8) is 0 Å². The largest absolute Gasteiger partial charge is 0.461 e. The molecule has 5 heteroatoms. The van der Waals surface area contributed by atoms with E-state index in [1.54, 1.807) is 11.3 Å². The number of nitrogens with zero attached hydrogens (tertiary/aromatic N) is 1. The Morgan fingerprint density at radius 1 is 0.886 bits per heavy atom. The summed E-state index contributed by atoms with van der Waals surface area (Å²) in [6.07, 6.45) is 3.17. The number of aryl methyl sites for hydroxylation is 1. The molecule has 0 amide bonds. The minimum Gasteiger partial charge on any atom is -0.461 e. The number of benzene rings is 4. The topological polar surface area (TPSA) is 26.0 Å². The predicted molar refractivity (Wildman–Crippen MR) is 154 cm³/mol. The average molecular weight is 559 g/mol. The van der Waals surface area contributed by atoms with Crippen molar-refractivity contribution in [2.24, 2.45) is 0 Å². The van der Waals surface area contributed by atoms with E-state index in [2.05, 4.69) is 108 Å². The maximum atomic E-state index is 6.50. The van der Waals surface area contributed by atoms with Crippen molar-refractivity contribution in [2.75, 3.05) is 0 Å². The lowest BCUT2D eigenvalue weighted by atomic mass is 9.95. The highest BCUT2D eigenvalue weighted by Crippen LogP contribution is 2.49. The molecular weight excluding hydrogens is 534 g/mol. The van der Waals surface area contributed by atoms with E-state index < -0.39 is 0 Å². The molecule has 4 aromatic carbocycles. The van der Waals surface area contributed by atoms with Crippen LogP contribution in [0.25, 0.3) is 32.0 Å². The Morgan fingerprint density at radius 2 is 1.63 bits per heavy atom. The van der Waals surface area contributed by atoms with E-state index >= 15 is 0 Å². The third-order valence-electron chi connectivity index (χ3n) is 6.41. The van der Waals surface area contributed by atoms with Crippen LogP contribution in [0.15, 0.2) is 98.2 Å². The van der Waals surface area contributed by atoms with Gasteiger partial charge >= 0.3 is 0 Å². The number of thiazole rings is 1. The Balaban J connectivity index is 1.59. The van der Waals surface area contributed by atoms with Gasteiger partial charge in [-0.3, -0.25) is 0 Å². The molecule has 2 aromatic heterocycles. The van der Waals surface area contributed by atoms with E-state index in [1.807, 2.05) is 11.8 Å². The molecule has 1 atom stereocenters.